The van der Waals surface area contributed by atoms with Crippen LogP contribution in [0.2, 0.25) is 0 Å². The summed E-state index contributed by atoms with van der Waals surface area (Å²) in [6.07, 6.45) is 1.32. The normalized spacial score (nSPS) is 12.7. The minimum atomic E-state index is -0.413. The van der Waals surface area contributed by atoms with Gasteiger partial charge in [0.1, 0.15) is 0 Å². The molecule has 0 aliphatic carbocycles. The van der Waals surface area contributed by atoms with Crippen LogP contribution in [0.15, 0.2) is 30.5 Å². The Labute approximate surface area is 86.2 Å². The molecule has 2 rings (SSSR count). The van der Waals surface area contributed by atoms with E-state index >= 15 is 0 Å². The van der Waals surface area contributed by atoms with E-state index in [0.29, 0.717) is 0 Å². The predicted molar refractivity (Wildman–Crippen MR) is 56.0 cm³/mol. The molecule has 1 heterocycles. The van der Waals surface area contributed by atoms with Crippen molar-refractivity contribution in [1.82, 2.24) is 9.59 Å². The van der Waals surface area contributed by atoms with E-state index in [0.717, 1.165) is 16.0 Å². The molecule has 1 aromatic heterocycles. The summed E-state index contributed by atoms with van der Waals surface area (Å²) >= 11 is 1.37. The fourth-order valence-electron chi connectivity index (χ4n) is 1.22. The van der Waals surface area contributed by atoms with Crippen LogP contribution in [0.4, 0.5) is 0 Å². The Morgan fingerprint density at radius 3 is 2.50 bits per heavy atom. The number of aliphatic hydroxyl groups is 1. The Morgan fingerprint density at radius 1 is 1.29 bits per heavy atom. The topological polar surface area (TPSA) is 46.0 Å². The van der Waals surface area contributed by atoms with Gasteiger partial charge < -0.3 is 5.11 Å². The molecule has 0 fully saturated rings. The minimum absolute atomic E-state index is 0.413. The summed E-state index contributed by atoms with van der Waals surface area (Å²) in [7, 11) is 0. The van der Waals surface area contributed by atoms with Crippen LogP contribution in [0.25, 0.3) is 10.4 Å². The third kappa shape index (κ3) is 1.81. The van der Waals surface area contributed by atoms with E-state index in [4.69, 9.17) is 0 Å². The molecule has 0 bridgehead atoms. The van der Waals surface area contributed by atoms with Crippen molar-refractivity contribution in [2.24, 2.45) is 0 Å². The molecule has 1 atom stereocenters. The van der Waals surface area contributed by atoms with Gasteiger partial charge in [-0.05, 0) is 29.6 Å². The molecule has 14 heavy (non-hydrogen) atoms. The van der Waals surface area contributed by atoms with Crippen molar-refractivity contribution in [1.29, 1.82) is 0 Å². The van der Waals surface area contributed by atoms with Gasteiger partial charge in [-0.3, -0.25) is 0 Å². The summed E-state index contributed by atoms with van der Waals surface area (Å²) < 4.78 is 3.80. The molecule has 0 saturated carbocycles. The molecule has 0 spiro atoms. The summed E-state index contributed by atoms with van der Waals surface area (Å²) in [6.45, 7) is 1.75. The zero-order valence-electron chi connectivity index (χ0n) is 7.71. The monoisotopic (exact) mass is 206 g/mol. The van der Waals surface area contributed by atoms with E-state index in [2.05, 4.69) is 9.59 Å². The Kier molecular flexibility index (Phi) is 2.56. The van der Waals surface area contributed by atoms with Gasteiger partial charge in [0.15, 0.2) is 0 Å². The maximum absolute atomic E-state index is 9.32. The number of aliphatic hydroxyl groups excluding tert-OH is 1. The van der Waals surface area contributed by atoms with Gasteiger partial charge in [-0.25, -0.2) is 0 Å². The largest absolute Gasteiger partial charge is 0.389 e. The first-order valence-electron chi connectivity index (χ1n) is 4.33. The molecule has 1 N–H and O–H groups in total. The molecular formula is C10H10N2OS. The first-order valence-corrected chi connectivity index (χ1v) is 5.10. The van der Waals surface area contributed by atoms with E-state index in [-0.39, 0.29) is 0 Å². The van der Waals surface area contributed by atoms with Crippen molar-refractivity contribution in [3.8, 4) is 10.4 Å². The maximum atomic E-state index is 9.32. The van der Waals surface area contributed by atoms with Gasteiger partial charge >= 0.3 is 0 Å². The quantitative estimate of drug-likeness (QED) is 0.819. The smallest absolute Gasteiger partial charge is 0.0761 e. The van der Waals surface area contributed by atoms with E-state index < -0.39 is 6.10 Å². The van der Waals surface area contributed by atoms with E-state index in [1.54, 1.807) is 13.1 Å². The fraction of sp³-hybridized carbons (Fsp3) is 0.200. The van der Waals surface area contributed by atoms with E-state index in [9.17, 15) is 5.11 Å². The highest BCUT2D eigenvalue weighted by Crippen LogP contribution is 2.23. The summed E-state index contributed by atoms with van der Waals surface area (Å²) in [5.74, 6) is 0. The molecule has 0 radical (unpaired) electrons. The highest BCUT2D eigenvalue weighted by atomic mass is 32.1. The predicted octanol–water partition coefficient (Wildman–Crippen LogP) is 2.26. The highest BCUT2D eigenvalue weighted by molar-refractivity contribution is 7.09. The van der Waals surface area contributed by atoms with E-state index in [1.165, 1.54) is 11.5 Å². The van der Waals surface area contributed by atoms with Gasteiger partial charge in [-0.2, -0.15) is 0 Å². The van der Waals surface area contributed by atoms with Crippen LogP contribution in [0.1, 0.15) is 18.6 Å². The Morgan fingerprint density at radius 2 is 2.00 bits per heavy atom. The molecule has 0 aliphatic rings. The van der Waals surface area contributed by atoms with Crippen LogP contribution >= 0.6 is 11.5 Å². The first kappa shape index (κ1) is 9.30. The van der Waals surface area contributed by atoms with Gasteiger partial charge in [-0.1, -0.05) is 28.8 Å². The Bertz CT molecular complexity index is 395. The molecular weight excluding hydrogens is 196 g/mol. The van der Waals surface area contributed by atoms with E-state index in [1.807, 2.05) is 24.3 Å². The third-order valence-corrected chi connectivity index (χ3v) is 2.75. The van der Waals surface area contributed by atoms with Crippen LogP contribution in [0.3, 0.4) is 0 Å². The van der Waals surface area contributed by atoms with Crippen molar-refractivity contribution in [3.05, 3.63) is 36.0 Å². The molecule has 4 heteroatoms. The number of benzene rings is 1. The van der Waals surface area contributed by atoms with Crippen LogP contribution in [-0.2, 0) is 0 Å². The van der Waals surface area contributed by atoms with Crippen molar-refractivity contribution in [2.45, 2.75) is 13.0 Å². The average Bonchev–Trinajstić information content (AvgIpc) is 2.71. The first-order chi connectivity index (χ1) is 6.77. The van der Waals surface area contributed by atoms with Crippen LogP contribution in [-0.4, -0.2) is 14.7 Å². The second kappa shape index (κ2) is 3.86. The highest BCUT2D eigenvalue weighted by Gasteiger charge is 2.02. The standard InChI is InChI=1S/C10H10N2OS/c1-7(13)8-2-4-9(5-3-8)10-6-11-12-14-10/h2-7,13H,1H3. The van der Waals surface area contributed by atoms with Crippen molar-refractivity contribution < 1.29 is 5.11 Å². The van der Waals surface area contributed by atoms with Crippen LogP contribution in [0.5, 0.6) is 0 Å². The average molecular weight is 206 g/mol. The maximum Gasteiger partial charge on any atom is 0.0761 e. The fourth-order valence-corrected chi connectivity index (χ4v) is 1.74. The molecule has 1 unspecified atom stereocenters. The number of nitrogens with zero attached hydrogens (tertiary/aromatic N) is 2. The van der Waals surface area contributed by atoms with Gasteiger partial charge in [0.05, 0.1) is 17.2 Å². The molecule has 0 aliphatic heterocycles. The van der Waals surface area contributed by atoms with Gasteiger partial charge in [0.25, 0.3) is 0 Å². The van der Waals surface area contributed by atoms with Gasteiger partial charge in [-0.15, -0.1) is 5.10 Å². The summed E-state index contributed by atoms with van der Waals surface area (Å²) in [4.78, 5) is 1.04. The lowest BCUT2D eigenvalue weighted by Crippen LogP contribution is -1.89. The SMILES string of the molecule is CC(O)c1ccc(-c2cnns2)cc1. The zero-order chi connectivity index (χ0) is 9.97. The van der Waals surface area contributed by atoms with Crippen LogP contribution < -0.4 is 0 Å². The molecule has 2 aromatic rings. The van der Waals surface area contributed by atoms with Crippen molar-refractivity contribution >= 4 is 11.5 Å². The van der Waals surface area contributed by atoms with Gasteiger partial charge in [0.2, 0.25) is 0 Å². The number of rotatable bonds is 2. The molecule has 72 valence electrons. The lowest BCUT2D eigenvalue weighted by molar-refractivity contribution is 0.199. The van der Waals surface area contributed by atoms with Crippen molar-refractivity contribution in [2.75, 3.05) is 0 Å². The van der Waals surface area contributed by atoms with Crippen molar-refractivity contribution in [3.63, 3.8) is 0 Å². The summed E-state index contributed by atoms with van der Waals surface area (Å²) in [5, 5.41) is 13.1. The zero-order valence-corrected chi connectivity index (χ0v) is 8.53. The molecule has 1 aromatic carbocycles. The minimum Gasteiger partial charge on any atom is -0.389 e. The number of hydrogen-bond acceptors (Lipinski definition) is 4. The number of hydrogen-bond donors (Lipinski definition) is 1. The van der Waals surface area contributed by atoms with Gasteiger partial charge in [0, 0.05) is 0 Å². The second-order valence-corrected chi connectivity index (χ2v) is 3.87. The second-order valence-electron chi connectivity index (χ2n) is 3.08. The number of aromatic nitrogens is 2. The molecule has 0 amide bonds. The molecule has 3 nitrogen and oxygen atoms in total. The van der Waals surface area contributed by atoms with Crippen LogP contribution in [0, 0.1) is 0 Å². The molecule has 0 saturated heterocycles. The third-order valence-electron chi connectivity index (χ3n) is 2.04. The summed E-state index contributed by atoms with van der Waals surface area (Å²) in [5.41, 5.74) is 2.01. The Balaban J connectivity index is 2.31. The summed E-state index contributed by atoms with van der Waals surface area (Å²) in [6, 6.07) is 7.77. The lowest BCUT2D eigenvalue weighted by atomic mass is 10.1. The Hall–Kier alpha value is -1.26. The lowest BCUT2D eigenvalue weighted by Gasteiger charge is -2.04.